The van der Waals surface area contributed by atoms with Crippen LogP contribution in [-0.4, -0.2) is 22.6 Å². The highest BCUT2D eigenvalue weighted by molar-refractivity contribution is 5.90. The summed E-state index contributed by atoms with van der Waals surface area (Å²) < 4.78 is 11.4. The van der Waals surface area contributed by atoms with Crippen molar-refractivity contribution in [3.63, 3.8) is 0 Å². The average Bonchev–Trinajstić information content (AvgIpc) is 2.47. The standard InChI is InChI=1S/C14H14N2O6/c1-4-15-11-7-9(16(19)20)5-6-10(11)12(21-3)13(14(15)18)22-8(2)17/h5-7H,4H2,1-3H3. The highest BCUT2D eigenvalue weighted by Gasteiger charge is 2.21. The van der Waals surface area contributed by atoms with E-state index in [1.807, 2.05) is 0 Å². The second-order valence-electron chi connectivity index (χ2n) is 4.46. The summed E-state index contributed by atoms with van der Waals surface area (Å²) in [6, 6.07) is 4.05. The van der Waals surface area contributed by atoms with E-state index in [0.717, 1.165) is 0 Å². The number of non-ortho nitro benzene ring substituents is 1. The number of hydrogen-bond donors (Lipinski definition) is 0. The maximum absolute atomic E-state index is 12.4. The molecule has 0 unspecified atom stereocenters. The summed E-state index contributed by atoms with van der Waals surface area (Å²) in [6.07, 6.45) is 0. The van der Waals surface area contributed by atoms with E-state index in [4.69, 9.17) is 9.47 Å². The summed E-state index contributed by atoms with van der Waals surface area (Å²) in [4.78, 5) is 34.0. The molecule has 1 aromatic heterocycles. The van der Waals surface area contributed by atoms with Gasteiger partial charge in [0.15, 0.2) is 5.75 Å². The minimum absolute atomic E-state index is 0.0785. The lowest BCUT2D eigenvalue weighted by molar-refractivity contribution is -0.384. The number of ether oxygens (including phenoxy) is 2. The van der Waals surface area contributed by atoms with Gasteiger partial charge in [0.2, 0.25) is 5.75 Å². The molecule has 0 radical (unpaired) electrons. The highest BCUT2D eigenvalue weighted by atomic mass is 16.6. The molecule has 0 bridgehead atoms. The smallest absolute Gasteiger partial charge is 0.308 e. The largest absolute Gasteiger partial charge is 0.492 e. The minimum atomic E-state index is -0.653. The molecule has 0 N–H and O–H groups in total. The van der Waals surface area contributed by atoms with E-state index in [0.29, 0.717) is 10.9 Å². The summed E-state index contributed by atoms with van der Waals surface area (Å²) in [5.74, 6) is -0.799. The van der Waals surface area contributed by atoms with Gasteiger partial charge in [0.25, 0.3) is 11.2 Å². The van der Waals surface area contributed by atoms with Gasteiger partial charge in [0, 0.05) is 31.0 Å². The quantitative estimate of drug-likeness (QED) is 0.485. The van der Waals surface area contributed by atoms with Crippen LogP contribution in [0.25, 0.3) is 10.9 Å². The van der Waals surface area contributed by atoms with Crippen LogP contribution in [-0.2, 0) is 11.3 Å². The Morgan fingerprint density at radius 1 is 1.36 bits per heavy atom. The minimum Gasteiger partial charge on any atom is -0.492 e. The molecular weight excluding hydrogens is 292 g/mol. The third kappa shape index (κ3) is 2.50. The molecule has 2 aromatic rings. The van der Waals surface area contributed by atoms with Crippen LogP contribution < -0.4 is 15.0 Å². The molecule has 0 aliphatic rings. The number of pyridine rings is 1. The number of methoxy groups -OCH3 is 1. The van der Waals surface area contributed by atoms with Crippen molar-refractivity contribution in [3.8, 4) is 11.5 Å². The highest BCUT2D eigenvalue weighted by Crippen LogP contribution is 2.34. The molecule has 0 atom stereocenters. The first kappa shape index (κ1) is 15.5. The first-order valence-electron chi connectivity index (χ1n) is 6.48. The monoisotopic (exact) mass is 306 g/mol. The Hall–Kier alpha value is -2.90. The molecule has 0 spiro atoms. The second-order valence-corrected chi connectivity index (χ2v) is 4.46. The van der Waals surface area contributed by atoms with Crippen molar-refractivity contribution in [2.24, 2.45) is 0 Å². The van der Waals surface area contributed by atoms with Crippen LogP contribution in [0, 0.1) is 10.1 Å². The van der Waals surface area contributed by atoms with Crippen molar-refractivity contribution in [1.29, 1.82) is 0 Å². The van der Waals surface area contributed by atoms with Crippen LogP contribution in [0.5, 0.6) is 11.5 Å². The molecule has 116 valence electrons. The number of fused-ring (bicyclic) bond motifs is 1. The molecule has 8 nitrogen and oxygen atoms in total. The zero-order valence-electron chi connectivity index (χ0n) is 12.3. The van der Waals surface area contributed by atoms with E-state index in [-0.39, 0.29) is 23.7 Å². The van der Waals surface area contributed by atoms with Gasteiger partial charge in [-0.05, 0) is 13.0 Å². The average molecular weight is 306 g/mol. The molecule has 1 aromatic carbocycles. The van der Waals surface area contributed by atoms with Crippen LogP contribution in [0.2, 0.25) is 0 Å². The number of carbonyl (C=O) groups excluding carboxylic acids is 1. The van der Waals surface area contributed by atoms with Gasteiger partial charge < -0.3 is 14.0 Å². The van der Waals surface area contributed by atoms with Crippen LogP contribution in [0.1, 0.15) is 13.8 Å². The van der Waals surface area contributed by atoms with Crippen molar-refractivity contribution in [1.82, 2.24) is 4.57 Å². The number of hydrogen-bond acceptors (Lipinski definition) is 6. The Morgan fingerprint density at radius 2 is 2.05 bits per heavy atom. The van der Waals surface area contributed by atoms with E-state index >= 15 is 0 Å². The molecule has 8 heteroatoms. The number of carbonyl (C=O) groups is 1. The van der Waals surface area contributed by atoms with Crippen LogP contribution in [0.4, 0.5) is 5.69 Å². The fraction of sp³-hybridized carbons (Fsp3) is 0.286. The maximum atomic E-state index is 12.4. The lowest BCUT2D eigenvalue weighted by Crippen LogP contribution is -2.24. The number of nitrogens with zero attached hydrogens (tertiary/aromatic N) is 2. The van der Waals surface area contributed by atoms with Crippen LogP contribution in [0.15, 0.2) is 23.0 Å². The summed E-state index contributed by atoms with van der Waals surface area (Å²) in [5, 5.41) is 11.4. The maximum Gasteiger partial charge on any atom is 0.308 e. The zero-order chi connectivity index (χ0) is 16.4. The lowest BCUT2D eigenvalue weighted by atomic mass is 10.1. The second kappa shape index (κ2) is 5.84. The van der Waals surface area contributed by atoms with Crippen LogP contribution >= 0.6 is 0 Å². The van der Waals surface area contributed by atoms with E-state index in [1.165, 1.54) is 36.8 Å². The SMILES string of the molecule is CCn1c(=O)c(OC(C)=O)c(OC)c2ccc([N+](=O)[O-])cc21. The van der Waals surface area contributed by atoms with Gasteiger partial charge in [0.1, 0.15) is 0 Å². The van der Waals surface area contributed by atoms with Gasteiger partial charge >= 0.3 is 5.97 Å². The molecular formula is C14H14N2O6. The van der Waals surface area contributed by atoms with Crippen molar-refractivity contribution < 1.29 is 19.2 Å². The molecule has 0 aliphatic heterocycles. The zero-order valence-corrected chi connectivity index (χ0v) is 12.3. The van der Waals surface area contributed by atoms with Crippen molar-refractivity contribution >= 4 is 22.6 Å². The molecule has 0 aliphatic carbocycles. The van der Waals surface area contributed by atoms with E-state index in [2.05, 4.69) is 0 Å². The van der Waals surface area contributed by atoms with E-state index in [1.54, 1.807) is 6.92 Å². The predicted octanol–water partition coefficient (Wildman–Crippen LogP) is 1.86. The number of aryl methyl sites for hydroxylation is 1. The molecule has 1 heterocycles. The summed E-state index contributed by atoms with van der Waals surface area (Å²) in [6.45, 7) is 3.15. The van der Waals surface area contributed by atoms with Gasteiger partial charge in [-0.1, -0.05) is 0 Å². The Bertz CT molecular complexity index is 824. The van der Waals surface area contributed by atoms with Gasteiger partial charge in [-0.3, -0.25) is 19.7 Å². The fourth-order valence-electron chi connectivity index (χ4n) is 2.25. The number of rotatable bonds is 4. The lowest BCUT2D eigenvalue weighted by Gasteiger charge is -2.15. The third-order valence-corrected chi connectivity index (χ3v) is 3.14. The normalized spacial score (nSPS) is 10.5. The molecule has 0 saturated heterocycles. The number of esters is 1. The molecule has 0 fully saturated rings. The van der Waals surface area contributed by atoms with Crippen molar-refractivity contribution in [2.45, 2.75) is 20.4 Å². The molecule has 22 heavy (non-hydrogen) atoms. The number of benzene rings is 1. The topological polar surface area (TPSA) is 101 Å². The Kier molecular flexibility index (Phi) is 4.11. The van der Waals surface area contributed by atoms with Gasteiger partial charge in [-0.15, -0.1) is 0 Å². The van der Waals surface area contributed by atoms with Gasteiger partial charge in [-0.2, -0.15) is 0 Å². The summed E-state index contributed by atoms with van der Waals surface area (Å²) in [7, 11) is 1.33. The fourth-order valence-corrected chi connectivity index (χ4v) is 2.25. The van der Waals surface area contributed by atoms with E-state index in [9.17, 15) is 19.7 Å². The number of aromatic nitrogens is 1. The summed E-state index contributed by atoms with van der Waals surface area (Å²) >= 11 is 0. The molecule has 0 amide bonds. The third-order valence-electron chi connectivity index (χ3n) is 3.14. The molecule has 2 rings (SSSR count). The Labute approximate surface area is 125 Å². The van der Waals surface area contributed by atoms with Gasteiger partial charge in [0.05, 0.1) is 17.5 Å². The Balaban J connectivity index is 2.93. The van der Waals surface area contributed by atoms with E-state index < -0.39 is 16.5 Å². The number of nitro benzene ring substituents is 1. The van der Waals surface area contributed by atoms with Crippen LogP contribution in [0.3, 0.4) is 0 Å². The Morgan fingerprint density at radius 3 is 2.55 bits per heavy atom. The molecule has 0 saturated carbocycles. The predicted molar refractivity (Wildman–Crippen MR) is 78.4 cm³/mol. The van der Waals surface area contributed by atoms with Crippen molar-refractivity contribution in [3.05, 3.63) is 38.7 Å². The first-order valence-corrected chi connectivity index (χ1v) is 6.48. The van der Waals surface area contributed by atoms with Gasteiger partial charge in [-0.25, -0.2) is 0 Å². The summed E-state index contributed by atoms with van der Waals surface area (Å²) in [5.41, 5.74) is -0.381. The first-order chi connectivity index (χ1) is 10.4. The van der Waals surface area contributed by atoms with Crippen molar-refractivity contribution in [2.75, 3.05) is 7.11 Å². The number of nitro groups is 1.